The van der Waals surface area contributed by atoms with Crippen molar-refractivity contribution < 1.29 is 19.0 Å². The van der Waals surface area contributed by atoms with E-state index in [4.69, 9.17) is 26.4 Å². The van der Waals surface area contributed by atoms with Crippen molar-refractivity contribution in [1.29, 1.82) is 0 Å². The van der Waals surface area contributed by atoms with E-state index in [-0.39, 0.29) is 11.0 Å². The molecule has 0 aliphatic carbocycles. The van der Waals surface area contributed by atoms with E-state index in [1.54, 1.807) is 25.3 Å². The molecular formula is C19H21BrN2O4S. The highest BCUT2D eigenvalue weighted by molar-refractivity contribution is 9.10. The molecule has 27 heavy (non-hydrogen) atoms. The van der Waals surface area contributed by atoms with E-state index in [0.29, 0.717) is 35.6 Å². The van der Waals surface area contributed by atoms with Gasteiger partial charge in [0.25, 0.3) is 5.91 Å². The molecule has 2 aromatic carbocycles. The maximum absolute atomic E-state index is 12.4. The van der Waals surface area contributed by atoms with Crippen LogP contribution in [0.4, 0.5) is 5.69 Å². The molecule has 6 nitrogen and oxygen atoms in total. The predicted molar refractivity (Wildman–Crippen MR) is 113 cm³/mol. The average molecular weight is 453 g/mol. The van der Waals surface area contributed by atoms with Gasteiger partial charge in [0.2, 0.25) is 0 Å². The van der Waals surface area contributed by atoms with Gasteiger partial charge in [0.05, 0.1) is 17.7 Å². The first-order valence-electron chi connectivity index (χ1n) is 8.30. The second-order valence-corrected chi connectivity index (χ2v) is 6.62. The largest absolute Gasteiger partial charge is 0.494 e. The summed E-state index contributed by atoms with van der Waals surface area (Å²) in [6.07, 6.45) is 0. The van der Waals surface area contributed by atoms with Crippen LogP contribution in [0.2, 0.25) is 0 Å². The molecule has 0 spiro atoms. The first kappa shape index (κ1) is 21.1. The smallest absolute Gasteiger partial charge is 0.257 e. The average Bonchev–Trinajstić information content (AvgIpc) is 2.63. The van der Waals surface area contributed by atoms with E-state index < -0.39 is 0 Å². The first-order chi connectivity index (χ1) is 13.0. The van der Waals surface area contributed by atoms with Crippen LogP contribution in [0, 0.1) is 0 Å². The summed E-state index contributed by atoms with van der Waals surface area (Å²) in [4.78, 5) is 12.4. The molecule has 0 radical (unpaired) electrons. The number of benzene rings is 2. The third-order valence-electron chi connectivity index (χ3n) is 3.37. The number of rotatable bonds is 8. The second-order valence-electron chi connectivity index (χ2n) is 5.36. The Morgan fingerprint density at radius 3 is 2.67 bits per heavy atom. The van der Waals surface area contributed by atoms with Crippen LogP contribution in [0.1, 0.15) is 17.3 Å². The molecule has 0 fully saturated rings. The number of anilines is 1. The van der Waals surface area contributed by atoms with Crippen LogP contribution in [0.5, 0.6) is 11.5 Å². The number of carbonyl (C=O) groups is 1. The number of ether oxygens (including phenoxy) is 3. The minimum atomic E-state index is -0.322. The molecule has 0 aliphatic rings. The molecular weight excluding hydrogens is 432 g/mol. The maximum Gasteiger partial charge on any atom is 0.257 e. The van der Waals surface area contributed by atoms with Gasteiger partial charge in [-0.15, -0.1) is 0 Å². The molecule has 2 rings (SSSR count). The third-order valence-corrected chi connectivity index (χ3v) is 4.19. The van der Waals surface area contributed by atoms with Crippen molar-refractivity contribution in [3.8, 4) is 11.5 Å². The minimum absolute atomic E-state index is 0.199. The van der Waals surface area contributed by atoms with E-state index in [0.717, 1.165) is 11.4 Å². The van der Waals surface area contributed by atoms with E-state index in [1.807, 2.05) is 31.2 Å². The zero-order valence-corrected chi connectivity index (χ0v) is 17.5. The fraction of sp³-hybridized carbons (Fsp3) is 0.263. The molecule has 0 heterocycles. The third kappa shape index (κ3) is 6.82. The van der Waals surface area contributed by atoms with Gasteiger partial charge in [-0.2, -0.15) is 0 Å². The SMILES string of the molecule is CCOc1cccc(NC(=S)NC(=O)c2ccc(OCCOC)c(Br)c2)c1. The van der Waals surface area contributed by atoms with Gasteiger partial charge in [0.1, 0.15) is 18.1 Å². The molecule has 0 atom stereocenters. The Bertz CT molecular complexity index is 801. The van der Waals surface area contributed by atoms with Crippen LogP contribution >= 0.6 is 28.1 Å². The highest BCUT2D eigenvalue weighted by atomic mass is 79.9. The van der Waals surface area contributed by atoms with Gasteiger partial charge in [-0.3, -0.25) is 10.1 Å². The fourth-order valence-electron chi connectivity index (χ4n) is 2.16. The Morgan fingerprint density at radius 1 is 1.15 bits per heavy atom. The van der Waals surface area contributed by atoms with Gasteiger partial charge in [0.15, 0.2) is 5.11 Å². The van der Waals surface area contributed by atoms with Crippen molar-refractivity contribution in [2.75, 3.05) is 32.2 Å². The van der Waals surface area contributed by atoms with Crippen molar-refractivity contribution in [2.45, 2.75) is 6.92 Å². The molecule has 0 aliphatic heterocycles. The zero-order chi connectivity index (χ0) is 19.6. The summed E-state index contributed by atoms with van der Waals surface area (Å²) in [6, 6.07) is 12.4. The van der Waals surface area contributed by atoms with E-state index in [2.05, 4.69) is 26.6 Å². The number of methoxy groups -OCH3 is 1. The molecule has 0 saturated heterocycles. The van der Waals surface area contributed by atoms with Gasteiger partial charge in [-0.1, -0.05) is 6.07 Å². The van der Waals surface area contributed by atoms with Crippen LogP contribution < -0.4 is 20.1 Å². The minimum Gasteiger partial charge on any atom is -0.494 e. The van der Waals surface area contributed by atoms with Crippen molar-refractivity contribution in [3.63, 3.8) is 0 Å². The van der Waals surface area contributed by atoms with Gasteiger partial charge in [-0.25, -0.2) is 0 Å². The van der Waals surface area contributed by atoms with Crippen LogP contribution in [-0.2, 0) is 4.74 Å². The second kappa shape index (κ2) is 10.9. The lowest BCUT2D eigenvalue weighted by molar-refractivity contribution is 0.0977. The number of carbonyl (C=O) groups excluding carboxylic acids is 1. The lowest BCUT2D eigenvalue weighted by atomic mass is 10.2. The monoisotopic (exact) mass is 452 g/mol. The molecule has 0 aromatic heterocycles. The summed E-state index contributed by atoms with van der Waals surface area (Å²) < 4.78 is 16.6. The Hall–Kier alpha value is -2.16. The molecule has 8 heteroatoms. The van der Waals surface area contributed by atoms with Crippen LogP contribution in [-0.4, -0.2) is 38.0 Å². The van der Waals surface area contributed by atoms with E-state index >= 15 is 0 Å². The zero-order valence-electron chi connectivity index (χ0n) is 15.1. The standard InChI is InChI=1S/C19H21BrN2O4S/c1-3-25-15-6-4-5-14(12-15)21-19(27)22-18(23)13-7-8-17(16(20)11-13)26-10-9-24-2/h4-8,11-12H,3,9-10H2,1-2H3,(H2,21,22,23,27). The number of amides is 1. The van der Waals surface area contributed by atoms with E-state index in [1.165, 1.54) is 0 Å². The highest BCUT2D eigenvalue weighted by Gasteiger charge is 2.11. The first-order valence-corrected chi connectivity index (χ1v) is 9.50. The Labute approximate surface area is 172 Å². The Kier molecular flexibility index (Phi) is 8.50. The number of thiocarbonyl (C=S) groups is 1. The molecule has 0 bridgehead atoms. The highest BCUT2D eigenvalue weighted by Crippen LogP contribution is 2.26. The number of hydrogen-bond acceptors (Lipinski definition) is 5. The lowest BCUT2D eigenvalue weighted by Gasteiger charge is -2.12. The van der Waals surface area contributed by atoms with Crippen molar-refractivity contribution in [3.05, 3.63) is 52.5 Å². The van der Waals surface area contributed by atoms with Crippen LogP contribution in [0.15, 0.2) is 46.9 Å². The molecule has 0 unspecified atom stereocenters. The lowest BCUT2D eigenvalue weighted by Crippen LogP contribution is -2.34. The quantitative estimate of drug-likeness (QED) is 0.465. The van der Waals surface area contributed by atoms with Crippen LogP contribution in [0.3, 0.4) is 0 Å². The van der Waals surface area contributed by atoms with Gasteiger partial charge >= 0.3 is 0 Å². The van der Waals surface area contributed by atoms with Crippen molar-refractivity contribution >= 4 is 44.9 Å². The molecule has 2 aromatic rings. The number of nitrogens with one attached hydrogen (secondary N) is 2. The topological polar surface area (TPSA) is 68.8 Å². The van der Waals surface area contributed by atoms with E-state index in [9.17, 15) is 4.79 Å². The number of hydrogen-bond donors (Lipinski definition) is 2. The predicted octanol–water partition coefficient (Wildman–Crippen LogP) is 4.00. The van der Waals surface area contributed by atoms with Gasteiger partial charge in [-0.05, 0) is 65.4 Å². The molecule has 0 saturated carbocycles. The Balaban J connectivity index is 1.95. The summed E-state index contributed by atoms with van der Waals surface area (Å²) in [5.41, 5.74) is 1.18. The molecule has 144 valence electrons. The van der Waals surface area contributed by atoms with Crippen molar-refractivity contribution in [1.82, 2.24) is 5.32 Å². The summed E-state index contributed by atoms with van der Waals surface area (Å²) in [5.74, 6) is 1.04. The summed E-state index contributed by atoms with van der Waals surface area (Å²) in [6.45, 7) is 3.40. The fourth-order valence-corrected chi connectivity index (χ4v) is 2.87. The molecule has 1 amide bonds. The molecule has 2 N–H and O–H groups in total. The normalized spacial score (nSPS) is 10.2. The summed E-state index contributed by atoms with van der Waals surface area (Å²) in [5, 5.41) is 5.82. The summed E-state index contributed by atoms with van der Waals surface area (Å²) >= 11 is 8.62. The Morgan fingerprint density at radius 2 is 1.96 bits per heavy atom. The van der Waals surface area contributed by atoms with Gasteiger partial charge in [0, 0.05) is 24.4 Å². The maximum atomic E-state index is 12.4. The van der Waals surface area contributed by atoms with Gasteiger partial charge < -0.3 is 19.5 Å². The summed E-state index contributed by atoms with van der Waals surface area (Å²) in [7, 11) is 1.61. The van der Waals surface area contributed by atoms with Crippen molar-refractivity contribution in [2.24, 2.45) is 0 Å². The van der Waals surface area contributed by atoms with Crippen LogP contribution in [0.25, 0.3) is 0 Å². The number of halogens is 1.